The van der Waals surface area contributed by atoms with E-state index in [4.69, 9.17) is 8.94 Å². The molecule has 2 N–H and O–H groups in total. The fraction of sp³-hybridized carbons (Fsp3) is 0.647. The Morgan fingerprint density at radius 1 is 1.24 bits per heavy atom. The van der Waals surface area contributed by atoms with Crippen LogP contribution in [-0.2, 0) is 18.4 Å². The fourth-order valence-corrected chi connectivity index (χ4v) is 2.01. The summed E-state index contributed by atoms with van der Waals surface area (Å²) in [5, 5.41) is 10.3. The van der Waals surface area contributed by atoms with E-state index in [9.17, 15) is 0 Å². The van der Waals surface area contributed by atoms with Gasteiger partial charge in [0, 0.05) is 31.3 Å². The normalized spacial score (nSPS) is 12.7. The summed E-state index contributed by atoms with van der Waals surface area (Å²) < 4.78 is 11.0. The summed E-state index contributed by atoms with van der Waals surface area (Å²) in [5.74, 6) is 3.78. The van der Waals surface area contributed by atoms with Crippen LogP contribution in [0.2, 0.25) is 0 Å². The first-order valence-electron chi connectivity index (χ1n) is 8.51. The average molecular weight is 348 g/mol. The summed E-state index contributed by atoms with van der Waals surface area (Å²) >= 11 is 0. The number of oxazole rings is 1. The quantitative estimate of drug-likeness (QED) is 0.610. The van der Waals surface area contributed by atoms with Crippen LogP contribution in [0.1, 0.15) is 63.9 Å². The zero-order valence-corrected chi connectivity index (χ0v) is 15.9. The monoisotopic (exact) mass is 348 g/mol. The summed E-state index contributed by atoms with van der Waals surface area (Å²) in [6.07, 6.45) is 2.41. The molecule has 0 aromatic carbocycles. The lowest BCUT2D eigenvalue weighted by Crippen LogP contribution is -2.38. The molecule has 0 bridgehead atoms. The molecule has 0 amide bonds. The molecule has 8 nitrogen and oxygen atoms in total. The number of hydrogen-bond donors (Lipinski definition) is 2. The predicted octanol–water partition coefficient (Wildman–Crippen LogP) is 2.39. The van der Waals surface area contributed by atoms with Gasteiger partial charge in [-0.25, -0.2) is 4.98 Å². The van der Waals surface area contributed by atoms with Crippen LogP contribution in [0, 0.1) is 0 Å². The van der Waals surface area contributed by atoms with Gasteiger partial charge in [0.15, 0.2) is 11.8 Å². The van der Waals surface area contributed by atoms with E-state index in [0.717, 1.165) is 11.6 Å². The molecule has 0 spiro atoms. The lowest BCUT2D eigenvalue weighted by Gasteiger charge is -2.13. The molecule has 2 heterocycles. The molecule has 0 saturated heterocycles. The van der Waals surface area contributed by atoms with Crippen LogP contribution in [-0.4, -0.2) is 34.7 Å². The van der Waals surface area contributed by atoms with Crippen molar-refractivity contribution >= 4 is 5.96 Å². The standard InChI is InChI=1S/C17H28N6O2/c1-11(2)15-22-13(25-23-15)7-8-19-16(18-6)21-10-14-20-9-12(24-14)17(3,4)5/h9,11H,7-8,10H2,1-6H3,(H2,18,19,21). The molecule has 2 aromatic heterocycles. The van der Waals surface area contributed by atoms with Crippen LogP contribution in [0.25, 0.3) is 0 Å². The highest BCUT2D eigenvalue weighted by atomic mass is 16.5. The predicted molar refractivity (Wildman–Crippen MR) is 95.5 cm³/mol. The Labute approximate surface area is 148 Å². The van der Waals surface area contributed by atoms with Crippen molar-refractivity contribution in [3.05, 3.63) is 29.6 Å². The highest BCUT2D eigenvalue weighted by Crippen LogP contribution is 2.22. The lowest BCUT2D eigenvalue weighted by atomic mass is 9.94. The van der Waals surface area contributed by atoms with E-state index in [1.165, 1.54) is 0 Å². The maximum atomic E-state index is 5.75. The number of hydrogen-bond acceptors (Lipinski definition) is 6. The Hall–Kier alpha value is -2.38. The Kier molecular flexibility index (Phi) is 6.17. The van der Waals surface area contributed by atoms with Crippen molar-refractivity contribution in [3.63, 3.8) is 0 Å². The third kappa shape index (κ3) is 5.58. The van der Waals surface area contributed by atoms with Gasteiger partial charge in [-0.15, -0.1) is 0 Å². The van der Waals surface area contributed by atoms with Crippen molar-refractivity contribution in [3.8, 4) is 0 Å². The van der Waals surface area contributed by atoms with Gasteiger partial charge >= 0.3 is 0 Å². The minimum absolute atomic E-state index is 0.0515. The Balaban J connectivity index is 1.77. The molecule has 0 unspecified atom stereocenters. The van der Waals surface area contributed by atoms with Crippen molar-refractivity contribution in [1.82, 2.24) is 25.8 Å². The second-order valence-corrected chi connectivity index (χ2v) is 7.17. The number of guanidine groups is 1. The average Bonchev–Trinajstić information content (AvgIpc) is 3.19. The van der Waals surface area contributed by atoms with Gasteiger partial charge in [0.2, 0.25) is 11.8 Å². The first kappa shape index (κ1) is 19.0. The summed E-state index contributed by atoms with van der Waals surface area (Å²) in [7, 11) is 1.72. The fourth-order valence-electron chi connectivity index (χ4n) is 2.01. The van der Waals surface area contributed by atoms with Crippen LogP contribution in [0.3, 0.4) is 0 Å². The third-order valence-electron chi connectivity index (χ3n) is 3.55. The van der Waals surface area contributed by atoms with Gasteiger partial charge in [-0.1, -0.05) is 39.8 Å². The van der Waals surface area contributed by atoms with Crippen LogP contribution in [0.4, 0.5) is 0 Å². The van der Waals surface area contributed by atoms with E-state index in [2.05, 4.69) is 51.5 Å². The summed E-state index contributed by atoms with van der Waals surface area (Å²) in [4.78, 5) is 12.8. The highest BCUT2D eigenvalue weighted by molar-refractivity contribution is 5.79. The summed E-state index contributed by atoms with van der Waals surface area (Å²) in [5.41, 5.74) is -0.0515. The van der Waals surface area contributed by atoms with Crippen LogP contribution in [0.5, 0.6) is 0 Å². The third-order valence-corrected chi connectivity index (χ3v) is 3.55. The van der Waals surface area contributed by atoms with Crippen LogP contribution >= 0.6 is 0 Å². The van der Waals surface area contributed by atoms with Crippen molar-refractivity contribution in [1.29, 1.82) is 0 Å². The molecule has 2 rings (SSSR count). The van der Waals surface area contributed by atoms with E-state index in [0.29, 0.717) is 37.3 Å². The molecule has 2 aromatic rings. The number of aromatic nitrogens is 3. The van der Waals surface area contributed by atoms with E-state index in [-0.39, 0.29) is 11.3 Å². The van der Waals surface area contributed by atoms with Crippen molar-refractivity contribution in [2.45, 2.75) is 58.9 Å². The van der Waals surface area contributed by atoms with Crippen molar-refractivity contribution in [2.24, 2.45) is 4.99 Å². The van der Waals surface area contributed by atoms with Gasteiger partial charge in [-0.3, -0.25) is 4.99 Å². The van der Waals surface area contributed by atoms with Gasteiger partial charge in [0.05, 0.1) is 12.7 Å². The van der Waals surface area contributed by atoms with Crippen molar-refractivity contribution in [2.75, 3.05) is 13.6 Å². The minimum atomic E-state index is -0.0515. The van der Waals surface area contributed by atoms with Gasteiger partial charge in [-0.05, 0) is 0 Å². The van der Waals surface area contributed by atoms with E-state index >= 15 is 0 Å². The Morgan fingerprint density at radius 2 is 2.00 bits per heavy atom. The molecule has 8 heteroatoms. The maximum absolute atomic E-state index is 5.75. The zero-order valence-electron chi connectivity index (χ0n) is 15.9. The van der Waals surface area contributed by atoms with Gasteiger partial charge < -0.3 is 19.6 Å². The molecule has 138 valence electrons. The second-order valence-electron chi connectivity index (χ2n) is 7.17. The molecule has 0 aliphatic carbocycles. The summed E-state index contributed by atoms with van der Waals surface area (Å²) in [6, 6.07) is 0. The summed E-state index contributed by atoms with van der Waals surface area (Å²) in [6.45, 7) is 11.4. The molecule has 0 radical (unpaired) electrons. The molecule has 0 aliphatic heterocycles. The number of rotatable bonds is 6. The van der Waals surface area contributed by atoms with E-state index in [1.807, 2.05) is 13.8 Å². The first-order chi connectivity index (χ1) is 11.8. The first-order valence-corrected chi connectivity index (χ1v) is 8.51. The molecule has 25 heavy (non-hydrogen) atoms. The number of nitrogens with zero attached hydrogens (tertiary/aromatic N) is 4. The van der Waals surface area contributed by atoms with Crippen LogP contribution in [0.15, 0.2) is 20.1 Å². The zero-order chi connectivity index (χ0) is 18.4. The largest absolute Gasteiger partial charge is 0.443 e. The lowest BCUT2D eigenvalue weighted by molar-refractivity contribution is 0.370. The maximum Gasteiger partial charge on any atom is 0.228 e. The molecule has 0 atom stereocenters. The van der Waals surface area contributed by atoms with Crippen LogP contribution < -0.4 is 10.6 Å². The molecular formula is C17H28N6O2. The minimum Gasteiger partial charge on any atom is -0.443 e. The molecular weight excluding hydrogens is 320 g/mol. The Bertz CT molecular complexity index is 696. The number of nitrogens with one attached hydrogen (secondary N) is 2. The highest BCUT2D eigenvalue weighted by Gasteiger charge is 2.19. The number of aliphatic imine (C=N–C) groups is 1. The molecule has 0 aliphatic rings. The molecule has 0 saturated carbocycles. The SMILES string of the molecule is CN=C(NCCc1nc(C(C)C)no1)NCc1ncc(C(C)(C)C)o1. The van der Waals surface area contributed by atoms with Gasteiger partial charge in [0.1, 0.15) is 5.76 Å². The molecule has 0 fully saturated rings. The van der Waals surface area contributed by atoms with E-state index in [1.54, 1.807) is 13.2 Å². The smallest absolute Gasteiger partial charge is 0.228 e. The van der Waals surface area contributed by atoms with Gasteiger partial charge in [0.25, 0.3) is 0 Å². The van der Waals surface area contributed by atoms with Crippen molar-refractivity contribution < 1.29 is 8.94 Å². The topological polar surface area (TPSA) is 101 Å². The van der Waals surface area contributed by atoms with E-state index < -0.39 is 0 Å². The second kappa shape index (κ2) is 8.13. The van der Waals surface area contributed by atoms with Gasteiger partial charge in [-0.2, -0.15) is 4.98 Å². The Morgan fingerprint density at radius 3 is 2.56 bits per heavy atom.